The first-order valence-electron chi connectivity index (χ1n) is 6.29. The van der Waals surface area contributed by atoms with Crippen molar-refractivity contribution in [2.75, 3.05) is 7.11 Å². The number of methoxy groups -OCH3 is 1. The largest absolute Gasteiger partial charge is 0.465 e. The minimum absolute atomic E-state index is 0.276. The fourth-order valence-corrected chi connectivity index (χ4v) is 2.29. The Kier molecular flexibility index (Phi) is 4.13. The van der Waals surface area contributed by atoms with Crippen molar-refractivity contribution in [1.29, 1.82) is 0 Å². The maximum absolute atomic E-state index is 13.5. The second-order valence-corrected chi connectivity index (χ2v) is 4.55. The van der Waals surface area contributed by atoms with Crippen LogP contribution in [0.5, 0.6) is 0 Å². The molecule has 2 nitrogen and oxygen atoms in total. The summed E-state index contributed by atoms with van der Waals surface area (Å²) in [5.41, 5.74) is 2.21. The third-order valence-electron chi connectivity index (χ3n) is 3.23. The van der Waals surface area contributed by atoms with Crippen molar-refractivity contribution in [2.45, 2.75) is 32.1 Å². The molecule has 3 heteroatoms. The molecule has 18 heavy (non-hydrogen) atoms. The zero-order valence-electron chi connectivity index (χ0n) is 10.5. The van der Waals surface area contributed by atoms with Gasteiger partial charge < -0.3 is 4.74 Å². The van der Waals surface area contributed by atoms with Gasteiger partial charge in [0.05, 0.1) is 12.7 Å². The van der Waals surface area contributed by atoms with E-state index in [2.05, 4.69) is 10.8 Å². The number of rotatable bonds is 2. The Balaban J connectivity index is 2.35. The van der Waals surface area contributed by atoms with E-state index in [1.165, 1.54) is 32.1 Å². The van der Waals surface area contributed by atoms with Gasteiger partial charge in [-0.25, -0.2) is 9.18 Å². The van der Waals surface area contributed by atoms with Crippen LogP contribution in [0, 0.1) is 5.82 Å². The summed E-state index contributed by atoms with van der Waals surface area (Å²) >= 11 is 0. The first kappa shape index (κ1) is 12.8. The van der Waals surface area contributed by atoms with Gasteiger partial charge >= 0.3 is 5.97 Å². The third kappa shape index (κ3) is 2.97. The van der Waals surface area contributed by atoms with Crippen LogP contribution in [0.2, 0.25) is 0 Å². The van der Waals surface area contributed by atoms with Gasteiger partial charge in [-0.1, -0.05) is 12.5 Å². The molecule has 0 atom stereocenters. The van der Waals surface area contributed by atoms with Crippen LogP contribution in [-0.4, -0.2) is 13.1 Å². The van der Waals surface area contributed by atoms with Crippen molar-refractivity contribution < 1.29 is 13.9 Å². The number of halogens is 1. The van der Waals surface area contributed by atoms with Crippen LogP contribution in [0.3, 0.4) is 0 Å². The number of benzene rings is 1. The number of hydrogen-bond acceptors (Lipinski definition) is 2. The van der Waals surface area contributed by atoms with E-state index in [1.807, 2.05) is 0 Å². The minimum Gasteiger partial charge on any atom is -0.465 e. The molecular weight excluding hydrogens is 231 g/mol. The molecule has 0 heterocycles. The van der Waals surface area contributed by atoms with Crippen LogP contribution in [0.15, 0.2) is 24.3 Å². The van der Waals surface area contributed by atoms with Gasteiger partial charge in [-0.3, -0.25) is 0 Å². The van der Waals surface area contributed by atoms with Gasteiger partial charge in [0.2, 0.25) is 0 Å². The van der Waals surface area contributed by atoms with Crippen LogP contribution < -0.4 is 0 Å². The summed E-state index contributed by atoms with van der Waals surface area (Å²) in [6.07, 6.45) is 7.64. The van der Waals surface area contributed by atoms with E-state index >= 15 is 0 Å². The van der Waals surface area contributed by atoms with E-state index in [0.717, 1.165) is 30.4 Å². The van der Waals surface area contributed by atoms with Gasteiger partial charge in [-0.05, 0) is 55.0 Å². The third-order valence-corrected chi connectivity index (χ3v) is 3.23. The highest BCUT2D eigenvalue weighted by Crippen LogP contribution is 2.27. The molecule has 0 saturated carbocycles. The molecule has 2 rings (SSSR count). The molecule has 0 unspecified atom stereocenters. The summed E-state index contributed by atoms with van der Waals surface area (Å²) in [4.78, 5) is 11.5. The Bertz CT molecular complexity index is 477. The predicted molar refractivity (Wildman–Crippen MR) is 68.8 cm³/mol. The van der Waals surface area contributed by atoms with E-state index in [9.17, 15) is 9.18 Å². The Labute approximate surface area is 106 Å². The molecule has 0 saturated heterocycles. The summed E-state index contributed by atoms with van der Waals surface area (Å²) in [5.74, 6) is -0.886. The molecule has 0 amide bonds. The van der Waals surface area contributed by atoms with E-state index in [1.54, 1.807) is 6.07 Å². The Morgan fingerprint density at radius 2 is 2.06 bits per heavy atom. The number of carbonyl (C=O) groups is 1. The molecule has 0 spiro atoms. The molecule has 0 fully saturated rings. The summed E-state index contributed by atoms with van der Waals surface area (Å²) in [7, 11) is 1.30. The average Bonchev–Trinajstić information content (AvgIpc) is 2.66. The second kappa shape index (κ2) is 5.80. The van der Waals surface area contributed by atoms with Crippen molar-refractivity contribution in [3.8, 4) is 0 Å². The zero-order valence-corrected chi connectivity index (χ0v) is 10.5. The molecule has 1 aliphatic carbocycles. The van der Waals surface area contributed by atoms with E-state index in [4.69, 9.17) is 0 Å². The highest BCUT2D eigenvalue weighted by Gasteiger charge is 2.12. The molecule has 1 aromatic carbocycles. The first-order valence-corrected chi connectivity index (χ1v) is 6.29. The van der Waals surface area contributed by atoms with Crippen molar-refractivity contribution in [2.24, 2.45) is 0 Å². The van der Waals surface area contributed by atoms with Crippen LogP contribution >= 0.6 is 0 Å². The molecule has 0 N–H and O–H groups in total. The summed E-state index contributed by atoms with van der Waals surface area (Å²) in [6, 6.07) is 4.42. The average molecular weight is 248 g/mol. The highest BCUT2D eigenvalue weighted by molar-refractivity contribution is 5.90. The van der Waals surface area contributed by atoms with Crippen molar-refractivity contribution in [3.63, 3.8) is 0 Å². The summed E-state index contributed by atoms with van der Waals surface area (Å²) in [6.45, 7) is 0. The number of allylic oxidation sites excluding steroid dienone is 2. The van der Waals surface area contributed by atoms with E-state index in [-0.39, 0.29) is 5.56 Å². The Morgan fingerprint density at radius 1 is 1.22 bits per heavy atom. The Morgan fingerprint density at radius 3 is 2.83 bits per heavy atom. The van der Waals surface area contributed by atoms with Crippen LogP contribution in [0.25, 0.3) is 5.57 Å². The predicted octanol–water partition coefficient (Wildman–Crippen LogP) is 3.96. The molecule has 0 radical (unpaired) electrons. The summed E-state index contributed by atoms with van der Waals surface area (Å²) in [5, 5.41) is 0. The van der Waals surface area contributed by atoms with Crippen LogP contribution in [0.1, 0.15) is 48.0 Å². The molecule has 96 valence electrons. The second-order valence-electron chi connectivity index (χ2n) is 4.55. The van der Waals surface area contributed by atoms with Crippen molar-refractivity contribution in [1.82, 2.24) is 0 Å². The quantitative estimate of drug-likeness (QED) is 0.740. The maximum atomic E-state index is 13.5. The number of ether oxygens (including phenoxy) is 1. The topological polar surface area (TPSA) is 26.3 Å². The minimum atomic E-state index is -0.495. The lowest BCUT2D eigenvalue weighted by atomic mass is 9.99. The van der Waals surface area contributed by atoms with Gasteiger partial charge in [-0.2, -0.15) is 0 Å². The standard InChI is InChI=1S/C15H17FO2/c1-18-15(17)13-8-12(9-14(16)10-13)11-6-4-2-3-5-7-11/h6,8-10H,2-5,7H2,1H3. The molecule has 0 aromatic heterocycles. The van der Waals surface area contributed by atoms with Gasteiger partial charge in [0.25, 0.3) is 0 Å². The lowest BCUT2D eigenvalue weighted by Gasteiger charge is -2.08. The number of esters is 1. The normalized spacial score (nSPS) is 15.8. The van der Waals surface area contributed by atoms with Gasteiger partial charge in [-0.15, -0.1) is 0 Å². The highest BCUT2D eigenvalue weighted by atomic mass is 19.1. The maximum Gasteiger partial charge on any atom is 0.337 e. The number of carbonyl (C=O) groups excluding carboxylic acids is 1. The zero-order chi connectivity index (χ0) is 13.0. The van der Waals surface area contributed by atoms with E-state index < -0.39 is 11.8 Å². The number of hydrogen-bond donors (Lipinski definition) is 0. The fourth-order valence-electron chi connectivity index (χ4n) is 2.29. The molecule has 0 aliphatic heterocycles. The van der Waals surface area contributed by atoms with E-state index in [0.29, 0.717) is 0 Å². The summed E-state index contributed by atoms with van der Waals surface area (Å²) < 4.78 is 18.2. The van der Waals surface area contributed by atoms with Crippen molar-refractivity contribution in [3.05, 3.63) is 41.2 Å². The smallest absolute Gasteiger partial charge is 0.337 e. The molecule has 1 aromatic rings. The monoisotopic (exact) mass is 248 g/mol. The lowest BCUT2D eigenvalue weighted by molar-refractivity contribution is 0.0600. The van der Waals surface area contributed by atoms with Gasteiger partial charge in [0, 0.05) is 0 Å². The van der Waals surface area contributed by atoms with Crippen LogP contribution in [-0.2, 0) is 4.74 Å². The SMILES string of the molecule is COC(=O)c1cc(F)cc(C2=CCCCCC2)c1. The van der Waals surface area contributed by atoms with Gasteiger partial charge in [0.1, 0.15) is 5.82 Å². The molecular formula is C15H17FO2. The first-order chi connectivity index (χ1) is 8.70. The molecule has 0 bridgehead atoms. The van der Waals surface area contributed by atoms with Crippen LogP contribution in [0.4, 0.5) is 4.39 Å². The van der Waals surface area contributed by atoms with Gasteiger partial charge in [0.15, 0.2) is 0 Å². The Hall–Kier alpha value is -1.64. The fraction of sp³-hybridized carbons (Fsp3) is 0.400. The molecule has 1 aliphatic rings. The lowest BCUT2D eigenvalue weighted by Crippen LogP contribution is -2.03. The van der Waals surface area contributed by atoms with Crippen molar-refractivity contribution >= 4 is 11.5 Å².